The van der Waals surface area contributed by atoms with E-state index in [0.29, 0.717) is 18.7 Å². The van der Waals surface area contributed by atoms with Gasteiger partial charge in [0.15, 0.2) is 11.5 Å². The zero-order valence-corrected chi connectivity index (χ0v) is 19.8. The van der Waals surface area contributed by atoms with Gasteiger partial charge in [0.1, 0.15) is 18.8 Å². The van der Waals surface area contributed by atoms with E-state index in [-0.39, 0.29) is 42.5 Å². The van der Waals surface area contributed by atoms with Gasteiger partial charge in [-0.05, 0) is 24.1 Å². The molecular formula is C26H28FN3O5. The number of carbonyl (C=O) groups excluding carboxylic acids is 2. The molecule has 2 amide bonds. The topological polar surface area (TPSA) is 72.7 Å². The van der Waals surface area contributed by atoms with Crippen LogP contribution in [0.25, 0.3) is 4.85 Å². The van der Waals surface area contributed by atoms with Crippen LogP contribution in [0.1, 0.15) is 35.2 Å². The summed E-state index contributed by atoms with van der Waals surface area (Å²) in [4.78, 5) is 32.9. The third-order valence-corrected chi connectivity index (χ3v) is 6.38. The Hall–Kier alpha value is -3.80. The zero-order valence-electron chi connectivity index (χ0n) is 19.8. The predicted molar refractivity (Wildman–Crippen MR) is 126 cm³/mol. The zero-order chi connectivity index (χ0) is 24.9. The molecule has 2 aliphatic heterocycles. The highest BCUT2D eigenvalue weighted by Gasteiger charge is 2.45. The van der Waals surface area contributed by atoms with Crippen LogP contribution in [0.3, 0.4) is 0 Å². The van der Waals surface area contributed by atoms with Crippen LogP contribution in [0, 0.1) is 6.57 Å². The van der Waals surface area contributed by atoms with Gasteiger partial charge in [-0.3, -0.25) is 19.3 Å². The highest BCUT2D eigenvalue weighted by atomic mass is 19.1. The molecule has 0 radical (unpaired) electrons. The summed E-state index contributed by atoms with van der Waals surface area (Å²) in [6, 6.07) is 11.6. The molecule has 0 saturated carbocycles. The number of amides is 2. The van der Waals surface area contributed by atoms with Crippen molar-refractivity contribution in [2.24, 2.45) is 0 Å². The molecular weight excluding hydrogens is 453 g/mol. The van der Waals surface area contributed by atoms with E-state index in [1.54, 1.807) is 0 Å². The summed E-state index contributed by atoms with van der Waals surface area (Å²) in [5.41, 5.74) is 1.14. The van der Waals surface area contributed by atoms with E-state index in [0.717, 1.165) is 12.0 Å². The summed E-state index contributed by atoms with van der Waals surface area (Å²) in [5.74, 6) is 0.0297. The molecule has 8 nitrogen and oxygen atoms in total. The summed E-state index contributed by atoms with van der Waals surface area (Å²) in [6.45, 7) is 7.86. The van der Waals surface area contributed by atoms with E-state index in [1.165, 1.54) is 36.2 Å². The van der Waals surface area contributed by atoms with E-state index < -0.39 is 24.3 Å². The number of methoxy groups -OCH3 is 2. The third kappa shape index (κ3) is 5.02. The van der Waals surface area contributed by atoms with Gasteiger partial charge in [-0.2, -0.15) is 0 Å². The first-order valence-electron chi connectivity index (χ1n) is 11.5. The Kier molecular flexibility index (Phi) is 7.39. The maximum absolute atomic E-state index is 14.4. The molecule has 2 aliphatic rings. The molecule has 0 aliphatic carbocycles. The first kappa shape index (κ1) is 24.3. The first-order chi connectivity index (χ1) is 17.0. The number of hydrogen-bond donors (Lipinski definition) is 0. The van der Waals surface area contributed by atoms with Crippen molar-refractivity contribution in [1.29, 1.82) is 0 Å². The number of hydrogen-bond acceptors (Lipinski definition) is 5. The molecule has 0 N–H and O–H groups in total. The van der Waals surface area contributed by atoms with E-state index in [1.807, 2.05) is 30.3 Å². The van der Waals surface area contributed by atoms with Gasteiger partial charge in [-0.25, -0.2) is 11.0 Å². The van der Waals surface area contributed by atoms with Crippen molar-refractivity contribution >= 4 is 11.8 Å². The molecule has 2 aromatic rings. The maximum atomic E-state index is 14.4. The molecule has 0 aromatic heterocycles. The van der Waals surface area contributed by atoms with Gasteiger partial charge in [-0.15, -0.1) is 0 Å². The smallest absolute Gasteiger partial charge is 0.300 e. The molecule has 2 saturated heterocycles. The quantitative estimate of drug-likeness (QED) is 0.564. The number of nitrogens with zero attached hydrogens (tertiary/aromatic N) is 3. The lowest BCUT2D eigenvalue weighted by Crippen LogP contribution is -2.48. The molecule has 3 atom stereocenters. The minimum absolute atomic E-state index is 0.0850. The van der Waals surface area contributed by atoms with Crippen LogP contribution in [0.15, 0.2) is 42.5 Å². The van der Waals surface area contributed by atoms with Gasteiger partial charge < -0.3 is 19.1 Å². The number of rotatable bonds is 7. The Morgan fingerprint density at radius 2 is 1.80 bits per heavy atom. The van der Waals surface area contributed by atoms with Crippen molar-refractivity contribution in [3.8, 4) is 17.2 Å². The molecule has 2 aromatic carbocycles. The number of halogens is 1. The van der Waals surface area contributed by atoms with Crippen molar-refractivity contribution in [3.05, 3.63) is 65.0 Å². The van der Waals surface area contributed by atoms with Crippen LogP contribution in [0.5, 0.6) is 17.2 Å². The van der Waals surface area contributed by atoms with Crippen LogP contribution < -0.4 is 14.2 Å². The molecule has 184 valence electrons. The Bertz CT molecular complexity index is 1090. The molecule has 4 rings (SSSR count). The van der Waals surface area contributed by atoms with Crippen LogP contribution in [0.2, 0.25) is 0 Å². The van der Waals surface area contributed by atoms with E-state index in [9.17, 15) is 14.0 Å². The van der Waals surface area contributed by atoms with Crippen molar-refractivity contribution in [3.63, 3.8) is 0 Å². The molecule has 2 heterocycles. The minimum atomic E-state index is -1.32. The SMILES string of the molecule is [C-]#[N+][C@@H]1CCCN1C(=O)[C@@H]1C[C@@H](F)CN1C(=O)c1cc(OC)c(OCc2ccccc2)c(OC)c1. The normalized spacial score (nSPS) is 21.5. The number of benzene rings is 2. The number of carbonyl (C=O) groups is 2. The maximum Gasteiger partial charge on any atom is 0.300 e. The second-order valence-corrected chi connectivity index (χ2v) is 8.57. The average molecular weight is 482 g/mol. The Morgan fingerprint density at radius 1 is 1.11 bits per heavy atom. The second kappa shape index (κ2) is 10.6. The van der Waals surface area contributed by atoms with Crippen LogP contribution in [0.4, 0.5) is 4.39 Å². The first-order valence-corrected chi connectivity index (χ1v) is 11.5. The van der Waals surface area contributed by atoms with Crippen LogP contribution in [-0.2, 0) is 11.4 Å². The monoisotopic (exact) mass is 481 g/mol. The predicted octanol–water partition coefficient (Wildman–Crippen LogP) is 3.70. The summed E-state index contributed by atoms with van der Waals surface area (Å²) >= 11 is 0. The Balaban J connectivity index is 1.59. The Labute approximate surface area is 204 Å². The van der Waals surface area contributed by atoms with Gasteiger partial charge in [0.05, 0.1) is 20.8 Å². The van der Waals surface area contributed by atoms with Crippen molar-refractivity contribution in [2.45, 2.75) is 44.2 Å². The number of alkyl halides is 1. The van der Waals surface area contributed by atoms with Crippen LogP contribution >= 0.6 is 0 Å². The number of likely N-dealkylation sites (tertiary alicyclic amines) is 2. The second-order valence-electron chi connectivity index (χ2n) is 8.57. The highest BCUT2D eigenvalue weighted by Crippen LogP contribution is 2.40. The molecule has 0 bridgehead atoms. The van der Waals surface area contributed by atoms with E-state index >= 15 is 0 Å². The minimum Gasteiger partial charge on any atom is -0.493 e. The summed E-state index contributed by atoms with van der Waals surface area (Å²) in [7, 11) is 2.91. The lowest BCUT2D eigenvalue weighted by molar-refractivity contribution is -0.135. The lowest BCUT2D eigenvalue weighted by atomic mass is 10.1. The van der Waals surface area contributed by atoms with E-state index in [4.69, 9.17) is 20.8 Å². The molecule has 2 fully saturated rings. The molecule has 0 unspecified atom stereocenters. The Morgan fingerprint density at radius 3 is 2.43 bits per heavy atom. The fourth-order valence-corrected chi connectivity index (χ4v) is 4.62. The molecule has 0 spiro atoms. The van der Waals surface area contributed by atoms with Gasteiger partial charge in [0.25, 0.3) is 11.8 Å². The fourth-order valence-electron chi connectivity index (χ4n) is 4.62. The number of ether oxygens (including phenoxy) is 3. The van der Waals surface area contributed by atoms with Gasteiger partial charge in [0, 0.05) is 24.9 Å². The highest BCUT2D eigenvalue weighted by molar-refractivity contribution is 5.99. The molecule has 35 heavy (non-hydrogen) atoms. The van der Waals surface area contributed by atoms with E-state index in [2.05, 4.69) is 4.85 Å². The van der Waals surface area contributed by atoms with Gasteiger partial charge >= 0.3 is 6.17 Å². The lowest BCUT2D eigenvalue weighted by Gasteiger charge is -2.28. The van der Waals surface area contributed by atoms with Gasteiger partial charge in [-0.1, -0.05) is 30.3 Å². The van der Waals surface area contributed by atoms with Crippen molar-refractivity contribution in [1.82, 2.24) is 9.80 Å². The summed E-state index contributed by atoms with van der Waals surface area (Å²) in [5, 5.41) is 0. The van der Waals surface area contributed by atoms with Gasteiger partial charge in [0.2, 0.25) is 5.75 Å². The summed E-state index contributed by atoms with van der Waals surface area (Å²) < 4.78 is 31.3. The largest absolute Gasteiger partial charge is 0.493 e. The fraction of sp³-hybridized carbons (Fsp3) is 0.423. The summed E-state index contributed by atoms with van der Waals surface area (Å²) in [6.07, 6.45) is -0.651. The van der Waals surface area contributed by atoms with Crippen molar-refractivity contribution in [2.75, 3.05) is 27.3 Å². The molecule has 9 heteroatoms. The average Bonchev–Trinajstić information content (AvgIpc) is 3.53. The van der Waals surface area contributed by atoms with Crippen LogP contribution in [-0.4, -0.2) is 67.3 Å². The third-order valence-electron chi connectivity index (χ3n) is 6.38. The standard InChI is InChI=1S/C26H28FN3O5/c1-28-23-10-7-11-29(23)26(32)20-14-19(27)15-30(20)25(31)18-12-21(33-2)24(22(13-18)34-3)35-16-17-8-5-4-6-9-17/h4-6,8-9,12-13,19-20,23H,7,10-11,14-16H2,2-3H3/t19-,20+,23+/m1/s1. The van der Waals surface area contributed by atoms with Crippen molar-refractivity contribution < 1.29 is 28.2 Å².